The Labute approximate surface area is 544 Å². The summed E-state index contributed by atoms with van der Waals surface area (Å²) in [5.74, 6) is -12.6. The molecule has 32 heteroatoms. The van der Waals surface area contributed by atoms with E-state index in [2.05, 4.69) is 58.2 Å². The number of primary amides is 1. The molecule has 0 heterocycles. The number of carboxylic acid groups (broad SMARTS) is 1. The molecular formula is C62H92N16O16. The first kappa shape index (κ1) is 78.3. The molecular weight excluding hydrogens is 1220 g/mol. The van der Waals surface area contributed by atoms with Crippen molar-refractivity contribution in [3.8, 4) is 11.5 Å². The molecule has 0 saturated heterocycles. The number of aliphatic hydroxyl groups is 1. The first-order valence-electron chi connectivity index (χ1n) is 30.7. The van der Waals surface area contributed by atoms with Crippen LogP contribution in [0.4, 0.5) is 0 Å². The van der Waals surface area contributed by atoms with E-state index in [1.165, 1.54) is 48.5 Å². The number of aliphatic imine (C=N–C) groups is 1. The van der Waals surface area contributed by atoms with Gasteiger partial charge < -0.3 is 102 Å². The van der Waals surface area contributed by atoms with E-state index in [1.807, 2.05) is 0 Å². The van der Waals surface area contributed by atoms with Gasteiger partial charge in [0.25, 0.3) is 0 Å². The summed E-state index contributed by atoms with van der Waals surface area (Å²) >= 11 is 0. The summed E-state index contributed by atoms with van der Waals surface area (Å²) < 4.78 is 0. The van der Waals surface area contributed by atoms with Crippen LogP contribution >= 0.6 is 0 Å². The summed E-state index contributed by atoms with van der Waals surface area (Å²) in [7, 11) is 0. The first-order chi connectivity index (χ1) is 44.5. The Kier molecular flexibility index (Phi) is 34.0. The van der Waals surface area contributed by atoms with Gasteiger partial charge >= 0.3 is 5.97 Å². The third kappa shape index (κ3) is 29.6. The fourth-order valence-corrected chi connectivity index (χ4v) is 9.28. The predicted octanol–water partition coefficient (Wildman–Crippen LogP) is -4.21. The van der Waals surface area contributed by atoms with Gasteiger partial charge in [0.05, 0.1) is 25.7 Å². The summed E-state index contributed by atoms with van der Waals surface area (Å²) in [4.78, 5) is 166. The minimum absolute atomic E-state index is 0.0480. The van der Waals surface area contributed by atoms with Gasteiger partial charge in [-0.2, -0.15) is 0 Å². The van der Waals surface area contributed by atoms with Crippen LogP contribution < -0.4 is 81.8 Å². The van der Waals surface area contributed by atoms with E-state index in [9.17, 15) is 78.0 Å². The van der Waals surface area contributed by atoms with Crippen molar-refractivity contribution in [2.75, 3.05) is 32.8 Å². The minimum atomic E-state index is -1.80. The lowest BCUT2D eigenvalue weighted by Crippen LogP contribution is -2.59. The summed E-state index contributed by atoms with van der Waals surface area (Å²) in [5.41, 5.74) is 29.4. The number of hydrogen-bond donors (Lipinski definition) is 19. The molecule has 9 atom stereocenters. The van der Waals surface area contributed by atoms with Gasteiger partial charge in [-0.1, -0.05) is 88.7 Å². The lowest BCUT2D eigenvalue weighted by atomic mass is 10.00. The monoisotopic (exact) mass is 1320 g/mol. The SMILES string of the molecule is CC(C)C[C@H](NC(=O)[C@@H](N)CCCCN)C(=O)N[C@@H](Cc1ccc(O)cc1)C(=O)N[C@@H](CCC(N)=O)C(=O)NCC(=O)N[C@@H](CO)C(=O)N[C@@H](Cc1ccc(O)cc1)C(=O)NCC(=O)N[C@@H](Cc1ccccc1)C(=O)N[C@@H](CCCN=C(N)N)C(=O)N[C@H](C(=O)O)C(C)C. The van der Waals surface area contributed by atoms with Gasteiger partial charge in [0, 0.05) is 32.2 Å². The van der Waals surface area contributed by atoms with Crippen molar-refractivity contribution in [2.45, 2.75) is 153 Å². The van der Waals surface area contributed by atoms with Crippen LogP contribution in [0.15, 0.2) is 83.9 Å². The van der Waals surface area contributed by atoms with Crippen LogP contribution in [0.5, 0.6) is 11.5 Å². The number of aliphatic hydroxyl groups excluding tert-OH is 1. The normalized spacial score (nSPS) is 13.9. The number of benzene rings is 3. The summed E-state index contributed by atoms with van der Waals surface area (Å²) in [5, 5.41) is 64.8. The molecule has 0 unspecified atom stereocenters. The average Bonchev–Trinajstić information content (AvgIpc) is 0.996. The van der Waals surface area contributed by atoms with Crippen molar-refractivity contribution in [3.63, 3.8) is 0 Å². The molecule has 0 fully saturated rings. The van der Waals surface area contributed by atoms with Gasteiger partial charge in [0.2, 0.25) is 65.0 Å². The molecule has 0 bridgehead atoms. The first-order valence-corrected chi connectivity index (χ1v) is 30.7. The molecule has 24 N–H and O–H groups in total. The van der Waals surface area contributed by atoms with E-state index in [1.54, 1.807) is 58.0 Å². The molecule has 0 saturated carbocycles. The smallest absolute Gasteiger partial charge is 0.326 e. The number of nitrogens with zero attached hydrogens (tertiary/aromatic N) is 1. The third-order valence-electron chi connectivity index (χ3n) is 14.4. The highest BCUT2D eigenvalue weighted by Gasteiger charge is 2.35. The number of carbonyl (C=O) groups excluding carboxylic acids is 11. The molecule has 0 aromatic heterocycles. The van der Waals surface area contributed by atoms with Crippen molar-refractivity contribution in [2.24, 2.45) is 45.5 Å². The highest BCUT2D eigenvalue weighted by atomic mass is 16.4. The standard InChI is InChI=1S/C62H92N16O16/c1-34(2)27-44(75-53(85)41(64)13-8-9-25-63)57(89)77-47(30-38-17-21-40(81)22-18-38)59(91)74-43(23-24-49(65)82)54(86)69-32-51(84)72-48(33-79)60(92)76-45(29-37-15-19-39(80)20-16-37)55(87)70-31-50(83)71-46(28-36-11-6-5-7-12-36)58(90)73-42(14-10-26-68-62(66)67)56(88)78-52(35(3)4)61(93)94/h5-7,11-12,15-22,34-35,41-48,52,79-81H,8-10,13-14,23-33,63-64H2,1-4H3,(H2,65,82)(H,69,86)(H,70,87)(H,71,83)(H,72,84)(H,73,90)(H,74,91)(H,75,85)(H,76,92)(H,77,89)(H,78,88)(H,93,94)(H4,66,67,68)/t41-,42-,43-,44-,45-,46-,47-,48-,52-/m0/s1. The van der Waals surface area contributed by atoms with Crippen LogP contribution in [0, 0.1) is 11.8 Å². The van der Waals surface area contributed by atoms with Crippen molar-refractivity contribution < 1.29 is 78.0 Å². The van der Waals surface area contributed by atoms with Crippen molar-refractivity contribution in [1.82, 2.24) is 53.2 Å². The molecule has 0 aliphatic rings. The van der Waals surface area contributed by atoms with Gasteiger partial charge in [-0.05, 0) is 97.9 Å². The molecule has 3 aromatic carbocycles. The number of carbonyl (C=O) groups is 12. The zero-order valence-corrected chi connectivity index (χ0v) is 53.2. The van der Waals surface area contributed by atoms with E-state index in [0.29, 0.717) is 42.5 Å². The number of guanidine groups is 1. The van der Waals surface area contributed by atoms with Crippen LogP contribution in [-0.2, 0) is 76.8 Å². The highest BCUT2D eigenvalue weighted by Crippen LogP contribution is 2.16. The fraction of sp³-hybridized carbons (Fsp3) is 0.500. The zero-order valence-electron chi connectivity index (χ0n) is 53.2. The Balaban J connectivity index is 1.81. The fourth-order valence-electron chi connectivity index (χ4n) is 9.28. The maximum Gasteiger partial charge on any atom is 0.326 e. The van der Waals surface area contributed by atoms with Gasteiger partial charge in [-0.25, -0.2) is 4.79 Å². The summed E-state index contributed by atoms with van der Waals surface area (Å²) in [6.45, 7) is 4.42. The third-order valence-corrected chi connectivity index (χ3v) is 14.4. The second kappa shape index (κ2) is 40.8. The number of amides is 11. The number of phenolic OH excluding ortho intramolecular Hbond substituents is 2. The number of aromatic hydroxyl groups is 2. The predicted molar refractivity (Wildman–Crippen MR) is 343 cm³/mol. The molecule has 0 radical (unpaired) electrons. The molecule has 94 heavy (non-hydrogen) atoms. The van der Waals surface area contributed by atoms with E-state index >= 15 is 0 Å². The Morgan fingerprint density at radius 1 is 0.479 bits per heavy atom. The van der Waals surface area contributed by atoms with Gasteiger partial charge in [-0.15, -0.1) is 0 Å². The maximum absolute atomic E-state index is 14.2. The second-order valence-corrected chi connectivity index (χ2v) is 23.1. The van der Waals surface area contributed by atoms with Crippen molar-refractivity contribution in [3.05, 3.63) is 95.6 Å². The summed E-state index contributed by atoms with van der Waals surface area (Å²) in [6, 6.07) is 6.86. The van der Waals surface area contributed by atoms with E-state index in [4.69, 9.17) is 28.7 Å². The lowest BCUT2D eigenvalue weighted by molar-refractivity contribution is -0.143. The largest absolute Gasteiger partial charge is 0.508 e. The van der Waals surface area contributed by atoms with E-state index < -0.39 is 164 Å². The Morgan fingerprint density at radius 2 is 0.904 bits per heavy atom. The highest BCUT2D eigenvalue weighted by molar-refractivity contribution is 5.98. The van der Waals surface area contributed by atoms with E-state index in [0.717, 1.165) is 0 Å². The molecule has 0 spiro atoms. The number of rotatable bonds is 42. The molecule has 0 aliphatic carbocycles. The van der Waals surface area contributed by atoms with Crippen LogP contribution in [-0.4, -0.2) is 184 Å². The quantitative estimate of drug-likeness (QED) is 0.0145. The van der Waals surface area contributed by atoms with Crippen LogP contribution in [0.1, 0.15) is 95.8 Å². The number of carboxylic acids is 1. The molecule has 516 valence electrons. The summed E-state index contributed by atoms with van der Waals surface area (Å²) in [6.07, 6.45) is 0.163. The number of nitrogens with two attached hydrogens (primary N) is 5. The molecule has 0 aliphatic heterocycles. The lowest BCUT2D eigenvalue weighted by Gasteiger charge is -2.27. The minimum Gasteiger partial charge on any atom is -0.508 e. The Morgan fingerprint density at radius 3 is 1.37 bits per heavy atom. The van der Waals surface area contributed by atoms with Crippen LogP contribution in [0.3, 0.4) is 0 Å². The number of hydrogen-bond acceptors (Lipinski definition) is 18. The average molecular weight is 1320 g/mol. The van der Waals surface area contributed by atoms with Crippen LogP contribution in [0.2, 0.25) is 0 Å². The number of nitrogens with one attached hydrogen (secondary N) is 10. The zero-order chi connectivity index (χ0) is 70.0. The number of aliphatic carboxylic acids is 1. The second-order valence-electron chi connectivity index (χ2n) is 23.1. The Hall–Kier alpha value is -9.95. The molecule has 3 rings (SSSR count). The van der Waals surface area contributed by atoms with Gasteiger partial charge in [0.15, 0.2) is 5.96 Å². The number of phenols is 2. The van der Waals surface area contributed by atoms with Crippen molar-refractivity contribution in [1.29, 1.82) is 0 Å². The topological polar surface area (TPSA) is 549 Å². The molecule has 3 aromatic rings. The van der Waals surface area contributed by atoms with Crippen LogP contribution in [0.25, 0.3) is 0 Å². The molecule has 32 nitrogen and oxygen atoms in total. The van der Waals surface area contributed by atoms with Gasteiger partial charge in [0.1, 0.15) is 59.8 Å². The molecule has 11 amide bonds. The maximum atomic E-state index is 14.2. The van der Waals surface area contributed by atoms with E-state index in [-0.39, 0.29) is 68.4 Å². The van der Waals surface area contributed by atoms with Gasteiger partial charge in [-0.3, -0.25) is 57.7 Å². The number of unbranched alkanes of at least 4 members (excludes halogenated alkanes) is 1. The van der Waals surface area contributed by atoms with Crippen molar-refractivity contribution >= 4 is 76.9 Å². The Bertz CT molecular complexity index is 3040.